The zero-order valence-corrected chi connectivity index (χ0v) is 23.1. The maximum absolute atomic E-state index is 13.9. The molecule has 218 valence electrons. The first kappa shape index (κ1) is 27.9. The molecule has 4 aliphatic rings. The van der Waals surface area contributed by atoms with Gasteiger partial charge in [0.05, 0.1) is 17.5 Å². The number of aromatic hydroxyl groups is 1. The number of fused-ring (bicyclic) bond motifs is 3. The van der Waals surface area contributed by atoms with Crippen molar-refractivity contribution in [2.24, 2.45) is 35.3 Å². The lowest BCUT2D eigenvalue weighted by Crippen LogP contribution is -2.74. The molecule has 0 radical (unpaired) electrons. The van der Waals surface area contributed by atoms with Gasteiger partial charge in [-0.2, -0.15) is 0 Å². The van der Waals surface area contributed by atoms with Crippen LogP contribution in [0.15, 0.2) is 36.4 Å². The van der Waals surface area contributed by atoms with Crippen molar-refractivity contribution in [2.75, 3.05) is 19.4 Å². The fourth-order valence-corrected chi connectivity index (χ4v) is 7.20. The Morgan fingerprint density at radius 1 is 1.00 bits per heavy atom. The first-order valence-electron chi connectivity index (χ1n) is 14.0. The number of primary amides is 1. The summed E-state index contributed by atoms with van der Waals surface area (Å²) >= 11 is 0. The lowest BCUT2D eigenvalue weighted by atomic mass is 9.52. The van der Waals surface area contributed by atoms with Crippen molar-refractivity contribution in [3.8, 4) is 16.9 Å². The minimum atomic E-state index is -2.76. The molecule has 5 N–H and O–H groups in total. The molecule has 2 amide bonds. The molecule has 0 bridgehead atoms. The number of Topliss-reactive ketones (excluding diaryl/α,β-unsaturated/α-hetero) is 4. The number of likely N-dealkylation sites (N-methyl/N-ethyl adjacent to an activating group) is 1. The molecule has 0 saturated heterocycles. The Morgan fingerprint density at radius 2 is 1.67 bits per heavy atom. The van der Waals surface area contributed by atoms with Gasteiger partial charge in [-0.15, -0.1) is 0 Å². The van der Waals surface area contributed by atoms with E-state index in [1.165, 1.54) is 11.0 Å². The number of benzene rings is 2. The van der Waals surface area contributed by atoms with Gasteiger partial charge in [0.15, 0.2) is 34.7 Å². The van der Waals surface area contributed by atoms with Gasteiger partial charge < -0.3 is 21.3 Å². The van der Waals surface area contributed by atoms with Crippen LogP contribution in [0.5, 0.6) is 5.75 Å². The molecule has 0 aliphatic heterocycles. The topological polar surface area (TPSA) is 184 Å². The van der Waals surface area contributed by atoms with Crippen molar-refractivity contribution in [1.82, 2.24) is 4.90 Å². The van der Waals surface area contributed by atoms with E-state index in [4.69, 9.17) is 5.73 Å². The molecule has 0 spiro atoms. The van der Waals surface area contributed by atoms with Gasteiger partial charge >= 0.3 is 0 Å². The van der Waals surface area contributed by atoms with Gasteiger partial charge in [-0.3, -0.25) is 33.7 Å². The average molecular weight is 574 g/mol. The largest absolute Gasteiger partial charge is 0.507 e. The van der Waals surface area contributed by atoms with E-state index in [1.807, 2.05) is 0 Å². The van der Waals surface area contributed by atoms with Crippen molar-refractivity contribution in [1.29, 1.82) is 0 Å². The molecule has 4 aliphatic carbocycles. The molecule has 11 nitrogen and oxygen atoms in total. The maximum atomic E-state index is 13.9. The average Bonchev–Trinajstić information content (AvgIpc) is 3.77. The van der Waals surface area contributed by atoms with Crippen LogP contribution in [0.3, 0.4) is 0 Å². The molecule has 0 heterocycles. The standard InChI is InChI=1S/C31H31N3O8/c1-34(2)24-19-12-15-11-18-17(13-5-7-16(8-6-13)33-30(41)14-3-4-14)9-10-20(35)22(18)25(36)21(15)27(38)31(19,42)28(39)23(26(24)37)29(32)40/h5-10,14-15,19,21,23-24,35,42H,3-4,11-12H2,1-2H3,(H2,32,40)(H,33,41)/t15-,19-,21?,23?,24?,31-/m0/s1. The third-order valence-corrected chi connectivity index (χ3v) is 9.36. The van der Waals surface area contributed by atoms with Crippen LogP contribution in [0.25, 0.3) is 11.1 Å². The molecule has 2 aromatic carbocycles. The third-order valence-electron chi connectivity index (χ3n) is 9.36. The molecule has 3 fully saturated rings. The first-order valence-corrected chi connectivity index (χ1v) is 14.0. The van der Waals surface area contributed by atoms with Gasteiger partial charge in [-0.1, -0.05) is 18.2 Å². The fourth-order valence-electron chi connectivity index (χ4n) is 7.20. The summed E-state index contributed by atoms with van der Waals surface area (Å²) in [6.45, 7) is 0. The van der Waals surface area contributed by atoms with Crippen LogP contribution >= 0.6 is 0 Å². The van der Waals surface area contributed by atoms with Crippen LogP contribution in [-0.2, 0) is 30.4 Å². The Bertz CT molecular complexity index is 1580. The van der Waals surface area contributed by atoms with E-state index in [1.54, 1.807) is 44.4 Å². The van der Waals surface area contributed by atoms with Gasteiger partial charge in [0.25, 0.3) is 0 Å². The van der Waals surface area contributed by atoms with E-state index < -0.39 is 64.4 Å². The van der Waals surface area contributed by atoms with Gasteiger partial charge in [0.2, 0.25) is 11.8 Å². The number of carbonyl (C=O) groups is 6. The quantitative estimate of drug-likeness (QED) is 0.377. The van der Waals surface area contributed by atoms with E-state index in [0.29, 0.717) is 16.8 Å². The van der Waals surface area contributed by atoms with Crippen LogP contribution < -0.4 is 11.1 Å². The summed E-state index contributed by atoms with van der Waals surface area (Å²) in [6, 6.07) is 8.96. The number of carbonyl (C=O) groups excluding carboxylic acids is 6. The van der Waals surface area contributed by atoms with Gasteiger partial charge in [-0.05, 0) is 80.6 Å². The van der Waals surface area contributed by atoms with Crippen LogP contribution in [0.4, 0.5) is 5.69 Å². The summed E-state index contributed by atoms with van der Waals surface area (Å²) in [5, 5.41) is 25.3. The highest BCUT2D eigenvalue weighted by molar-refractivity contribution is 6.32. The molecule has 6 atom stereocenters. The van der Waals surface area contributed by atoms with Crippen LogP contribution in [0, 0.1) is 29.6 Å². The van der Waals surface area contributed by atoms with E-state index in [2.05, 4.69) is 5.32 Å². The molecule has 2 aromatic rings. The highest BCUT2D eigenvalue weighted by atomic mass is 16.3. The van der Waals surface area contributed by atoms with Crippen molar-refractivity contribution in [3.05, 3.63) is 47.5 Å². The number of phenolic OH excluding ortho intramolecular Hbond substituents is 1. The van der Waals surface area contributed by atoms with Gasteiger partial charge in [0.1, 0.15) is 5.75 Å². The molecule has 6 rings (SSSR count). The predicted molar refractivity (Wildman–Crippen MR) is 148 cm³/mol. The Kier molecular flexibility index (Phi) is 6.43. The van der Waals surface area contributed by atoms with Crippen LogP contribution in [0.2, 0.25) is 0 Å². The number of ketones is 4. The van der Waals surface area contributed by atoms with Gasteiger partial charge in [-0.25, -0.2) is 0 Å². The number of hydrogen-bond acceptors (Lipinski definition) is 9. The molecule has 0 aromatic heterocycles. The lowest BCUT2D eigenvalue weighted by molar-refractivity contribution is -0.181. The summed E-state index contributed by atoms with van der Waals surface area (Å²) in [5.41, 5.74) is 5.05. The zero-order chi connectivity index (χ0) is 30.2. The van der Waals surface area contributed by atoms with Crippen molar-refractivity contribution in [2.45, 2.75) is 37.3 Å². The first-order chi connectivity index (χ1) is 19.9. The Balaban J connectivity index is 1.39. The number of hydrogen-bond donors (Lipinski definition) is 4. The Hall–Kier alpha value is -4.22. The molecule has 3 unspecified atom stereocenters. The number of phenols is 1. The summed E-state index contributed by atoms with van der Waals surface area (Å²) < 4.78 is 0. The predicted octanol–water partition coefficient (Wildman–Crippen LogP) is 0.883. The molecule has 42 heavy (non-hydrogen) atoms. The normalized spacial score (nSPS) is 30.4. The number of aliphatic hydroxyl groups is 1. The van der Waals surface area contributed by atoms with Crippen molar-refractivity contribution >= 4 is 40.6 Å². The second kappa shape index (κ2) is 9.67. The zero-order valence-electron chi connectivity index (χ0n) is 23.1. The van der Waals surface area contributed by atoms with E-state index in [-0.39, 0.29) is 36.0 Å². The van der Waals surface area contributed by atoms with Crippen molar-refractivity contribution < 1.29 is 39.0 Å². The number of nitrogens with two attached hydrogens (primary N) is 1. The van der Waals surface area contributed by atoms with Crippen molar-refractivity contribution in [3.63, 3.8) is 0 Å². The van der Waals surface area contributed by atoms with Crippen LogP contribution in [0.1, 0.15) is 35.2 Å². The van der Waals surface area contributed by atoms with E-state index in [0.717, 1.165) is 18.4 Å². The second-order valence-electron chi connectivity index (χ2n) is 12.1. The third kappa shape index (κ3) is 4.02. The molecule has 11 heteroatoms. The van der Waals surface area contributed by atoms with Crippen LogP contribution in [-0.4, -0.2) is 75.8 Å². The number of anilines is 1. The minimum Gasteiger partial charge on any atom is -0.507 e. The fraction of sp³-hybridized carbons (Fsp3) is 0.419. The summed E-state index contributed by atoms with van der Waals surface area (Å²) in [6.07, 6.45) is 1.90. The summed E-state index contributed by atoms with van der Waals surface area (Å²) in [5.74, 6) is -10.8. The lowest BCUT2D eigenvalue weighted by Gasteiger charge is -2.52. The highest BCUT2D eigenvalue weighted by Crippen LogP contribution is 2.51. The molecular formula is C31H31N3O8. The van der Waals surface area contributed by atoms with E-state index in [9.17, 15) is 39.0 Å². The highest BCUT2D eigenvalue weighted by Gasteiger charge is 2.69. The number of nitrogens with zero attached hydrogens (tertiary/aromatic N) is 1. The minimum absolute atomic E-state index is 0.0227. The second-order valence-corrected chi connectivity index (χ2v) is 12.1. The Morgan fingerprint density at radius 3 is 2.26 bits per heavy atom. The monoisotopic (exact) mass is 573 g/mol. The van der Waals surface area contributed by atoms with Gasteiger partial charge in [0, 0.05) is 17.5 Å². The maximum Gasteiger partial charge on any atom is 0.235 e. The SMILES string of the molecule is CN(C)C1C(=O)C(C(N)=O)C(=O)[C@@]2(O)C(=O)C3C(=O)c4c(O)ccc(-c5ccc(NC(=O)C6CC6)cc5)c4C[C@H]3C[C@@H]12. The molecule has 3 saturated carbocycles. The Labute approximate surface area is 241 Å². The number of amides is 2. The number of rotatable bonds is 5. The molecular weight excluding hydrogens is 542 g/mol. The summed E-state index contributed by atoms with van der Waals surface area (Å²) in [4.78, 5) is 80.2. The number of nitrogens with one attached hydrogen (secondary N) is 1. The van der Waals surface area contributed by atoms with E-state index >= 15 is 0 Å². The smallest absolute Gasteiger partial charge is 0.235 e. The summed E-state index contributed by atoms with van der Waals surface area (Å²) in [7, 11) is 3.09.